The fourth-order valence-electron chi connectivity index (χ4n) is 0.318. The van der Waals surface area contributed by atoms with Gasteiger partial charge in [0.05, 0.1) is 6.61 Å². The van der Waals surface area contributed by atoms with Crippen molar-refractivity contribution in [3.8, 4) is 0 Å². The zero-order chi connectivity index (χ0) is 7.28. The monoisotopic (exact) mass is 144 g/mol. The first-order chi connectivity index (χ1) is 4.18. The van der Waals surface area contributed by atoms with Crippen molar-refractivity contribution in [3.05, 3.63) is 12.2 Å². The molecule has 0 aliphatic carbocycles. The van der Waals surface area contributed by atoms with Crippen LogP contribution in [0.1, 0.15) is 6.92 Å². The summed E-state index contributed by atoms with van der Waals surface area (Å²) in [7, 11) is 1.08. The van der Waals surface area contributed by atoms with Crippen molar-refractivity contribution in [3.63, 3.8) is 0 Å². The number of carbonyl (C=O) groups excluding carboxylic acids is 1. The molecular weight excluding hydrogens is 132 g/mol. The van der Waals surface area contributed by atoms with Crippen molar-refractivity contribution in [1.29, 1.82) is 0 Å². The minimum absolute atomic E-state index is 0.272. The predicted molar refractivity (Wildman–Crippen MR) is 40.5 cm³/mol. The summed E-state index contributed by atoms with van der Waals surface area (Å²) in [5, 5.41) is 0. The van der Waals surface area contributed by atoms with Crippen LogP contribution in [0.15, 0.2) is 12.2 Å². The Hall–Kier alpha value is -0.573. The van der Waals surface area contributed by atoms with Gasteiger partial charge >= 0.3 is 5.97 Å². The number of carbonyl (C=O) groups is 1. The molecule has 0 atom stereocenters. The molecule has 3 heteroatoms. The Balaban J connectivity index is 3.39. The summed E-state index contributed by atoms with van der Waals surface area (Å²) in [4.78, 5) is 10.6. The lowest BCUT2D eigenvalue weighted by Crippen LogP contribution is -2.05. The van der Waals surface area contributed by atoms with E-state index >= 15 is 0 Å². The molecule has 9 heavy (non-hydrogen) atoms. The maximum atomic E-state index is 10.6. The van der Waals surface area contributed by atoms with Crippen LogP contribution < -0.4 is 0 Å². The van der Waals surface area contributed by atoms with Gasteiger partial charge in [0, 0.05) is 15.8 Å². The van der Waals surface area contributed by atoms with E-state index in [1.54, 1.807) is 6.92 Å². The van der Waals surface area contributed by atoms with E-state index in [9.17, 15) is 4.79 Å². The van der Waals surface area contributed by atoms with E-state index in [2.05, 4.69) is 6.58 Å². The van der Waals surface area contributed by atoms with E-state index < -0.39 is 0 Å². The molecule has 0 radical (unpaired) electrons. The molecule has 0 saturated heterocycles. The molecular formula is C6H12O2Si. The van der Waals surface area contributed by atoms with E-state index in [1.165, 1.54) is 0 Å². The Labute approximate surface area is 58.3 Å². The third kappa shape index (κ3) is 3.97. The molecule has 2 nitrogen and oxygen atoms in total. The number of ether oxygens (including phenoxy) is 1. The third-order valence-electron chi connectivity index (χ3n) is 0.786. The van der Waals surface area contributed by atoms with E-state index in [1.807, 2.05) is 0 Å². The molecule has 0 aromatic heterocycles. The SMILES string of the molecule is C=C(C)C(=O)OCC[SiH3]. The van der Waals surface area contributed by atoms with Gasteiger partial charge in [-0.3, -0.25) is 0 Å². The van der Waals surface area contributed by atoms with Gasteiger partial charge in [-0.15, -0.1) is 0 Å². The summed E-state index contributed by atoms with van der Waals surface area (Å²) in [6, 6.07) is 0.999. The van der Waals surface area contributed by atoms with Gasteiger partial charge in [0.1, 0.15) is 0 Å². The molecule has 0 amide bonds. The predicted octanol–water partition coefficient (Wildman–Crippen LogP) is -0.111. The molecule has 0 heterocycles. The van der Waals surface area contributed by atoms with Crippen LogP contribution in [0.3, 0.4) is 0 Å². The smallest absolute Gasteiger partial charge is 0.333 e. The quantitative estimate of drug-likeness (QED) is 0.314. The molecule has 0 saturated carbocycles. The highest BCUT2D eigenvalue weighted by Crippen LogP contribution is 1.91. The van der Waals surface area contributed by atoms with Crippen molar-refractivity contribution in [1.82, 2.24) is 0 Å². The maximum Gasteiger partial charge on any atom is 0.333 e. The van der Waals surface area contributed by atoms with E-state index in [4.69, 9.17) is 4.74 Å². The average molecular weight is 144 g/mol. The van der Waals surface area contributed by atoms with Gasteiger partial charge in [-0.1, -0.05) is 6.58 Å². The topological polar surface area (TPSA) is 26.3 Å². The average Bonchev–Trinajstić information content (AvgIpc) is 1.82. The van der Waals surface area contributed by atoms with Crippen molar-refractivity contribution < 1.29 is 9.53 Å². The zero-order valence-electron chi connectivity index (χ0n) is 5.94. The molecule has 0 spiro atoms. The first-order valence-corrected chi connectivity index (χ1v) is 4.42. The summed E-state index contributed by atoms with van der Waals surface area (Å²) in [6.07, 6.45) is 0. The molecule has 0 fully saturated rings. The molecule has 0 N–H and O–H groups in total. The van der Waals surface area contributed by atoms with Gasteiger partial charge in [-0.2, -0.15) is 0 Å². The number of rotatable bonds is 3. The van der Waals surface area contributed by atoms with Crippen LogP contribution in [0.25, 0.3) is 0 Å². The Bertz CT molecular complexity index is 120. The van der Waals surface area contributed by atoms with Gasteiger partial charge < -0.3 is 4.74 Å². The lowest BCUT2D eigenvalue weighted by Gasteiger charge is -1.99. The highest BCUT2D eigenvalue weighted by atomic mass is 28.1. The minimum Gasteiger partial charge on any atom is -0.463 e. The molecule has 0 unspecified atom stereocenters. The highest BCUT2D eigenvalue weighted by molar-refractivity contribution is 6.08. The standard InChI is InChI=1S/C6H12O2Si/c1-5(2)6(7)8-3-4-9/h1,3-4H2,2,9H3. The van der Waals surface area contributed by atoms with Crippen LogP contribution >= 0.6 is 0 Å². The lowest BCUT2D eigenvalue weighted by atomic mass is 10.4. The van der Waals surface area contributed by atoms with Gasteiger partial charge in [-0.25, -0.2) is 4.79 Å². The van der Waals surface area contributed by atoms with Crippen LogP contribution in [0.2, 0.25) is 6.04 Å². The molecule has 0 aromatic rings. The van der Waals surface area contributed by atoms with E-state index in [0.29, 0.717) is 12.2 Å². The molecule has 0 bridgehead atoms. The largest absolute Gasteiger partial charge is 0.463 e. The van der Waals surface area contributed by atoms with Crippen molar-refractivity contribution >= 4 is 16.2 Å². The number of hydrogen-bond donors (Lipinski definition) is 0. The first-order valence-electron chi connectivity index (χ1n) is 3.01. The van der Waals surface area contributed by atoms with E-state index in [0.717, 1.165) is 16.3 Å². The normalized spacial score (nSPS) is 9.00. The Morgan fingerprint density at radius 2 is 2.33 bits per heavy atom. The first kappa shape index (κ1) is 8.43. The zero-order valence-corrected chi connectivity index (χ0v) is 7.94. The van der Waals surface area contributed by atoms with Crippen molar-refractivity contribution in [2.75, 3.05) is 6.61 Å². The van der Waals surface area contributed by atoms with Crippen LogP contribution in [0, 0.1) is 0 Å². The maximum absolute atomic E-state index is 10.6. The number of hydrogen-bond acceptors (Lipinski definition) is 2. The number of esters is 1. The lowest BCUT2D eigenvalue weighted by molar-refractivity contribution is -0.138. The Morgan fingerprint density at radius 3 is 2.67 bits per heavy atom. The summed E-state index contributed by atoms with van der Waals surface area (Å²) in [6.45, 7) is 5.65. The van der Waals surface area contributed by atoms with Gasteiger partial charge in [0.15, 0.2) is 0 Å². The van der Waals surface area contributed by atoms with Crippen LogP contribution in [0.4, 0.5) is 0 Å². The second-order valence-corrected chi connectivity index (χ2v) is 2.92. The van der Waals surface area contributed by atoms with Gasteiger partial charge in [0.2, 0.25) is 0 Å². The molecule has 0 aliphatic rings. The fraction of sp³-hybridized carbons (Fsp3) is 0.500. The van der Waals surface area contributed by atoms with Crippen LogP contribution in [0.5, 0.6) is 0 Å². The molecule has 0 aliphatic heterocycles. The van der Waals surface area contributed by atoms with Crippen LogP contribution in [-0.2, 0) is 9.53 Å². The molecule has 52 valence electrons. The summed E-state index contributed by atoms with van der Waals surface area (Å²) in [5.74, 6) is -0.272. The summed E-state index contributed by atoms with van der Waals surface area (Å²) in [5.41, 5.74) is 0.477. The van der Waals surface area contributed by atoms with E-state index in [-0.39, 0.29) is 5.97 Å². The van der Waals surface area contributed by atoms with Crippen LogP contribution in [-0.4, -0.2) is 22.8 Å². The second kappa shape index (κ2) is 4.32. The van der Waals surface area contributed by atoms with Gasteiger partial charge in [-0.05, 0) is 13.0 Å². The van der Waals surface area contributed by atoms with Crippen molar-refractivity contribution in [2.45, 2.75) is 13.0 Å². The van der Waals surface area contributed by atoms with Gasteiger partial charge in [0.25, 0.3) is 0 Å². The highest BCUT2D eigenvalue weighted by Gasteiger charge is 1.99. The fourth-order valence-corrected chi connectivity index (χ4v) is 0.522. The summed E-state index contributed by atoms with van der Waals surface area (Å²) < 4.78 is 4.75. The van der Waals surface area contributed by atoms with Crippen molar-refractivity contribution in [2.24, 2.45) is 0 Å². The third-order valence-corrected chi connectivity index (χ3v) is 1.19. The second-order valence-electron chi connectivity index (χ2n) is 1.92. The molecule has 0 rings (SSSR count). The Kier molecular flexibility index (Phi) is 4.04. The Morgan fingerprint density at radius 1 is 1.78 bits per heavy atom. The molecule has 0 aromatic carbocycles. The minimum atomic E-state index is -0.272. The summed E-state index contributed by atoms with van der Waals surface area (Å²) >= 11 is 0.